The Morgan fingerprint density at radius 2 is 0.775 bits per heavy atom. The van der Waals surface area contributed by atoms with Gasteiger partial charge in [0.1, 0.15) is 11.5 Å². The molecule has 0 aliphatic carbocycles. The molecule has 0 saturated carbocycles. The van der Waals surface area contributed by atoms with Gasteiger partial charge in [0, 0.05) is 17.0 Å². The van der Waals surface area contributed by atoms with Crippen LogP contribution in [-0.4, -0.2) is 10.2 Å². The Kier molecular flexibility index (Phi) is 9.16. The number of benzene rings is 2. The highest BCUT2D eigenvalue weighted by Crippen LogP contribution is 2.48. The molecule has 2 nitrogen and oxygen atoms in total. The fourth-order valence-corrected chi connectivity index (χ4v) is 6.92. The van der Waals surface area contributed by atoms with Crippen molar-refractivity contribution in [2.75, 3.05) is 0 Å². The van der Waals surface area contributed by atoms with Gasteiger partial charge in [-0.05, 0) is 67.6 Å². The minimum absolute atomic E-state index is 0.0738. The van der Waals surface area contributed by atoms with Crippen molar-refractivity contribution in [3.63, 3.8) is 0 Å². The van der Waals surface area contributed by atoms with Crippen molar-refractivity contribution in [3.8, 4) is 11.5 Å². The van der Waals surface area contributed by atoms with E-state index in [0.717, 1.165) is 35.1 Å². The minimum atomic E-state index is -0.221. The third-order valence-electron chi connectivity index (χ3n) is 8.34. The first kappa shape index (κ1) is 34.2. The zero-order valence-electron chi connectivity index (χ0n) is 29.2. The van der Waals surface area contributed by atoms with Crippen LogP contribution >= 0.6 is 0 Å². The van der Waals surface area contributed by atoms with Crippen LogP contribution in [0.2, 0.25) is 0 Å². The Bertz CT molecular complexity index is 1100. The van der Waals surface area contributed by atoms with Crippen molar-refractivity contribution in [1.29, 1.82) is 0 Å². The highest BCUT2D eigenvalue weighted by atomic mass is 16.3. The van der Waals surface area contributed by atoms with Gasteiger partial charge < -0.3 is 10.2 Å². The smallest absolute Gasteiger partial charge is 0.123 e. The molecule has 0 aliphatic heterocycles. The van der Waals surface area contributed by atoms with Crippen molar-refractivity contribution in [1.82, 2.24) is 0 Å². The molecule has 0 spiro atoms. The predicted octanol–water partition coefficient (Wildman–Crippen LogP) is 11.3. The van der Waals surface area contributed by atoms with E-state index in [1.54, 1.807) is 0 Å². The van der Waals surface area contributed by atoms with Crippen molar-refractivity contribution < 1.29 is 10.2 Å². The van der Waals surface area contributed by atoms with Gasteiger partial charge in [0.2, 0.25) is 0 Å². The van der Waals surface area contributed by atoms with Gasteiger partial charge in [0.05, 0.1) is 0 Å². The highest BCUT2D eigenvalue weighted by molar-refractivity contribution is 5.57. The van der Waals surface area contributed by atoms with E-state index in [2.05, 4.69) is 142 Å². The van der Waals surface area contributed by atoms with Crippen LogP contribution in [0, 0.1) is 10.8 Å². The van der Waals surface area contributed by atoms with Gasteiger partial charge >= 0.3 is 0 Å². The number of hydrogen-bond donors (Lipinski definition) is 2. The maximum atomic E-state index is 11.8. The van der Waals surface area contributed by atoms with Crippen LogP contribution in [0.1, 0.15) is 170 Å². The molecule has 0 saturated heterocycles. The van der Waals surface area contributed by atoms with Crippen LogP contribution in [0.25, 0.3) is 0 Å². The number of hydrogen-bond acceptors (Lipinski definition) is 2. The zero-order valence-corrected chi connectivity index (χ0v) is 29.2. The summed E-state index contributed by atoms with van der Waals surface area (Å²) in [7, 11) is 0. The molecule has 0 unspecified atom stereocenters. The van der Waals surface area contributed by atoms with Crippen LogP contribution in [0.4, 0.5) is 0 Å². The fourth-order valence-electron chi connectivity index (χ4n) is 6.92. The lowest BCUT2D eigenvalue weighted by Crippen LogP contribution is -2.27. The van der Waals surface area contributed by atoms with Crippen LogP contribution in [0.15, 0.2) is 24.3 Å². The topological polar surface area (TPSA) is 40.5 Å². The minimum Gasteiger partial charge on any atom is -0.507 e. The first-order valence-electron chi connectivity index (χ1n) is 15.3. The van der Waals surface area contributed by atoms with E-state index in [1.807, 2.05) is 0 Å². The molecule has 0 fully saturated rings. The van der Waals surface area contributed by atoms with Crippen LogP contribution in [0.3, 0.4) is 0 Å². The second-order valence-electron chi connectivity index (χ2n) is 18.4. The summed E-state index contributed by atoms with van der Waals surface area (Å²) >= 11 is 0. The molecule has 2 aromatic carbocycles. The number of rotatable bonds is 6. The summed E-state index contributed by atoms with van der Waals surface area (Å²) < 4.78 is 0. The summed E-state index contributed by atoms with van der Waals surface area (Å²) in [6.45, 7) is 38.2. The van der Waals surface area contributed by atoms with Gasteiger partial charge in [-0.1, -0.05) is 142 Å². The van der Waals surface area contributed by atoms with Crippen molar-refractivity contribution in [3.05, 3.63) is 57.6 Å². The molecular weight excluding hydrogens is 488 g/mol. The van der Waals surface area contributed by atoms with Crippen molar-refractivity contribution in [2.24, 2.45) is 10.8 Å². The Morgan fingerprint density at radius 3 is 1.00 bits per heavy atom. The summed E-state index contributed by atoms with van der Waals surface area (Å²) in [5.41, 5.74) is 5.95. The molecule has 0 aliphatic rings. The standard InChI is InChI=1S/C38H62O2/c1-24(27-18-25(37(14,15)22-33(2,3)4)20-29(31(27)39)35(8,9)10)28-19-26(38(16,17)23-34(5,6)7)21-30(32(28)40)36(11,12)13/h18-21,24,39-40H,22-23H2,1-17H3. The molecule has 2 heteroatoms. The number of phenols is 2. The van der Waals surface area contributed by atoms with Crippen molar-refractivity contribution >= 4 is 0 Å². The van der Waals surface area contributed by atoms with Gasteiger partial charge in [0.25, 0.3) is 0 Å². The second-order valence-corrected chi connectivity index (χ2v) is 18.4. The maximum Gasteiger partial charge on any atom is 0.123 e. The molecule has 2 rings (SSSR count). The van der Waals surface area contributed by atoms with Crippen molar-refractivity contribution in [2.45, 2.75) is 158 Å². The monoisotopic (exact) mass is 550 g/mol. The molecule has 0 radical (unpaired) electrons. The van der Waals surface area contributed by atoms with Crippen LogP contribution in [0.5, 0.6) is 11.5 Å². The van der Waals surface area contributed by atoms with E-state index < -0.39 is 0 Å². The first-order chi connectivity index (χ1) is 17.6. The largest absolute Gasteiger partial charge is 0.507 e. The Hall–Kier alpha value is -1.96. The number of phenolic OH excluding ortho intramolecular Hbond substituents is 2. The summed E-state index contributed by atoms with van der Waals surface area (Å²) in [6, 6.07) is 8.87. The summed E-state index contributed by atoms with van der Waals surface area (Å²) in [5, 5.41) is 23.6. The molecule has 226 valence electrons. The van der Waals surface area contributed by atoms with Gasteiger partial charge in [-0.2, -0.15) is 0 Å². The predicted molar refractivity (Wildman–Crippen MR) is 175 cm³/mol. The number of aromatic hydroxyl groups is 2. The lowest BCUT2D eigenvalue weighted by atomic mass is 9.69. The molecule has 40 heavy (non-hydrogen) atoms. The van der Waals surface area contributed by atoms with Crippen LogP contribution < -0.4 is 0 Å². The van der Waals surface area contributed by atoms with E-state index in [9.17, 15) is 10.2 Å². The van der Waals surface area contributed by atoms with E-state index in [4.69, 9.17) is 0 Å². The Morgan fingerprint density at radius 1 is 0.500 bits per heavy atom. The van der Waals surface area contributed by atoms with Gasteiger partial charge in [-0.25, -0.2) is 0 Å². The molecule has 0 aromatic heterocycles. The average Bonchev–Trinajstić information content (AvgIpc) is 2.68. The lowest BCUT2D eigenvalue weighted by Gasteiger charge is -2.36. The lowest BCUT2D eigenvalue weighted by molar-refractivity contribution is 0.283. The van der Waals surface area contributed by atoms with E-state index in [-0.39, 0.29) is 38.4 Å². The molecule has 0 heterocycles. The fraction of sp³-hybridized carbons (Fsp3) is 0.684. The molecule has 0 bridgehead atoms. The third-order valence-corrected chi connectivity index (χ3v) is 8.34. The molecular formula is C38H62O2. The first-order valence-corrected chi connectivity index (χ1v) is 15.3. The van der Waals surface area contributed by atoms with Crippen LogP contribution in [-0.2, 0) is 21.7 Å². The zero-order chi connectivity index (χ0) is 31.4. The highest BCUT2D eigenvalue weighted by Gasteiger charge is 2.35. The summed E-state index contributed by atoms with van der Waals surface area (Å²) in [5.74, 6) is 0.524. The SMILES string of the molecule is CC(c1cc(C(C)(C)CC(C)(C)C)cc(C(C)(C)C)c1O)c1cc(C(C)(C)CC(C)(C)C)cc(C(C)(C)C)c1O. The molecule has 2 N–H and O–H groups in total. The summed E-state index contributed by atoms with van der Waals surface area (Å²) in [6.07, 6.45) is 2.05. The maximum absolute atomic E-state index is 11.8. The van der Waals surface area contributed by atoms with E-state index >= 15 is 0 Å². The molecule has 2 aromatic rings. The Labute approximate surface area is 248 Å². The molecule has 0 amide bonds. The third kappa shape index (κ3) is 8.07. The van der Waals surface area contributed by atoms with Gasteiger partial charge in [0.15, 0.2) is 0 Å². The van der Waals surface area contributed by atoms with E-state index in [0.29, 0.717) is 11.5 Å². The normalized spacial score (nSPS) is 14.2. The van der Waals surface area contributed by atoms with E-state index in [1.165, 1.54) is 11.1 Å². The Balaban J connectivity index is 2.93. The van der Waals surface area contributed by atoms with Gasteiger partial charge in [-0.15, -0.1) is 0 Å². The summed E-state index contributed by atoms with van der Waals surface area (Å²) in [4.78, 5) is 0. The average molecular weight is 551 g/mol. The quantitative estimate of drug-likeness (QED) is 0.375. The molecule has 0 atom stereocenters. The van der Waals surface area contributed by atoms with Gasteiger partial charge in [-0.3, -0.25) is 0 Å². The second kappa shape index (κ2) is 10.7.